The third-order valence-electron chi connectivity index (χ3n) is 4.47. The van der Waals surface area contributed by atoms with Crippen LogP contribution in [-0.4, -0.2) is 11.9 Å². The van der Waals surface area contributed by atoms with E-state index in [1.807, 2.05) is 13.8 Å². The van der Waals surface area contributed by atoms with Gasteiger partial charge >= 0.3 is 0 Å². The summed E-state index contributed by atoms with van der Waals surface area (Å²) in [4.78, 5) is 11.8. The second-order valence-electron chi connectivity index (χ2n) is 5.68. The molecule has 1 N–H and O–H groups in total. The largest absolute Gasteiger partial charge is 0.354 e. The topological polar surface area (TPSA) is 29.1 Å². The summed E-state index contributed by atoms with van der Waals surface area (Å²) in [6, 6.07) is 0.307. The van der Waals surface area contributed by atoms with Crippen LogP contribution in [0.3, 0.4) is 0 Å². The van der Waals surface area contributed by atoms with Crippen LogP contribution in [-0.2, 0) is 4.79 Å². The summed E-state index contributed by atoms with van der Waals surface area (Å²) in [5, 5.41) is 3.06. The van der Waals surface area contributed by atoms with Crippen molar-refractivity contribution in [2.75, 3.05) is 0 Å². The molecule has 0 aromatic rings. The van der Waals surface area contributed by atoms with E-state index in [1.165, 1.54) is 19.3 Å². The smallest absolute Gasteiger partial charge is 0.223 e. The first-order valence-electron chi connectivity index (χ1n) is 5.99. The molecule has 78 valence electrons. The van der Waals surface area contributed by atoms with Gasteiger partial charge in [0.15, 0.2) is 0 Å². The van der Waals surface area contributed by atoms with Gasteiger partial charge in [0.1, 0.15) is 0 Å². The number of carbonyl (C=O) groups is 1. The van der Waals surface area contributed by atoms with Crippen LogP contribution in [0.1, 0.15) is 33.1 Å². The fraction of sp³-hybridized carbons (Fsp3) is 0.917. The minimum atomic E-state index is 0.307. The molecule has 0 aliphatic heterocycles. The lowest BCUT2D eigenvalue weighted by atomic mass is 10.0. The van der Waals surface area contributed by atoms with E-state index in [-0.39, 0.29) is 0 Å². The molecule has 3 aliphatic carbocycles. The summed E-state index contributed by atoms with van der Waals surface area (Å²) < 4.78 is 0. The lowest BCUT2D eigenvalue weighted by molar-refractivity contribution is -0.123. The number of amides is 1. The molecule has 3 aliphatic rings. The quantitative estimate of drug-likeness (QED) is 0.712. The van der Waals surface area contributed by atoms with Gasteiger partial charge in [0, 0.05) is 12.0 Å². The Hall–Kier alpha value is -0.530. The normalized spacial score (nSPS) is 48.1. The predicted octanol–water partition coefficient (Wildman–Crippen LogP) is 1.80. The molecule has 14 heavy (non-hydrogen) atoms. The average Bonchev–Trinajstić information content (AvgIpc) is 2.56. The molecular weight excluding hydrogens is 174 g/mol. The van der Waals surface area contributed by atoms with E-state index in [0.717, 1.165) is 23.7 Å². The van der Waals surface area contributed by atoms with Gasteiger partial charge in [0.25, 0.3) is 0 Å². The van der Waals surface area contributed by atoms with Crippen molar-refractivity contribution in [1.29, 1.82) is 0 Å². The summed E-state index contributed by atoms with van der Waals surface area (Å²) in [5.74, 6) is 4.14. The van der Waals surface area contributed by atoms with Crippen LogP contribution < -0.4 is 5.32 Å². The molecule has 0 aromatic heterocycles. The van der Waals surface area contributed by atoms with E-state index in [1.54, 1.807) is 0 Å². The highest BCUT2D eigenvalue weighted by Crippen LogP contribution is 2.69. The van der Waals surface area contributed by atoms with Gasteiger partial charge in [-0.15, -0.1) is 0 Å². The SMILES string of the molecule is CC(C)NC(=O)C1C2C3CCC(C3)C12. The van der Waals surface area contributed by atoms with Crippen LogP contribution in [0, 0.1) is 29.6 Å². The fourth-order valence-electron chi connectivity index (χ4n) is 4.06. The van der Waals surface area contributed by atoms with Gasteiger partial charge in [-0.1, -0.05) is 0 Å². The first-order valence-corrected chi connectivity index (χ1v) is 5.99. The maximum atomic E-state index is 11.8. The molecule has 0 aromatic carbocycles. The van der Waals surface area contributed by atoms with E-state index in [9.17, 15) is 4.79 Å². The molecule has 0 saturated heterocycles. The monoisotopic (exact) mass is 193 g/mol. The third kappa shape index (κ3) is 1.06. The zero-order chi connectivity index (χ0) is 9.87. The van der Waals surface area contributed by atoms with Crippen molar-refractivity contribution in [3.05, 3.63) is 0 Å². The van der Waals surface area contributed by atoms with E-state index < -0.39 is 0 Å². The minimum absolute atomic E-state index is 0.307. The van der Waals surface area contributed by atoms with Crippen LogP contribution in [0.5, 0.6) is 0 Å². The standard InChI is InChI=1S/C12H19NO/c1-6(2)13-12(14)11-9-7-3-4-8(5-7)10(9)11/h6-11H,3-5H2,1-2H3,(H,13,14). The second-order valence-corrected chi connectivity index (χ2v) is 5.68. The van der Waals surface area contributed by atoms with Crippen LogP contribution in [0.2, 0.25) is 0 Å². The zero-order valence-corrected chi connectivity index (χ0v) is 8.99. The Labute approximate surface area is 85.4 Å². The van der Waals surface area contributed by atoms with Crippen molar-refractivity contribution < 1.29 is 4.79 Å². The lowest BCUT2D eigenvalue weighted by Crippen LogP contribution is -2.33. The first kappa shape index (κ1) is 8.75. The molecule has 0 heterocycles. The molecule has 3 fully saturated rings. The number of fused-ring (bicyclic) bond motifs is 5. The second kappa shape index (κ2) is 2.74. The van der Waals surface area contributed by atoms with Crippen molar-refractivity contribution in [2.45, 2.75) is 39.2 Å². The summed E-state index contributed by atoms with van der Waals surface area (Å²) in [7, 11) is 0. The Balaban J connectivity index is 1.65. The molecule has 4 unspecified atom stereocenters. The van der Waals surface area contributed by atoms with Crippen LogP contribution in [0.15, 0.2) is 0 Å². The highest BCUT2D eigenvalue weighted by Gasteiger charge is 2.67. The van der Waals surface area contributed by atoms with E-state index in [2.05, 4.69) is 5.32 Å². The highest BCUT2D eigenvalue weighted by molar-refractivity contribution is 5.83. The van der Waals surface area contributed by atoms with Crippen LogP contribution in [0.4, 0.5) is 0 Å². The Bertz CT molecular complexity index is 257. The number of nitrogens with one attached hydrogen (secondary N) is 1. The number of hydrogen-bond donors (Lipinski definition) is 1. The Kier molecular flexibility index (Phi) is 1.71. The Morgan fingerprint density at radius 1 is 1.21 bits per heavy atom. The van der Waals surface area contributed by atoms with Gasteiger partial charge in [-0.3, -0.25) is 4.79 Å². The Morgan fingerprint density at radius 3 is 2.29 bits per heavy atom. The van der Waals surface area contributed by atoms with Gasteiger partial charge in [-0.2, -0.15) is 0 Å². The van der Waals surface area contributed by atoms with Gasteiger partial charge in [-0.25, -0.2) is 0 Å². The maximum Gasteiger partial charge on any atom is 0.223 e. The van der Waals surface area contributed by atoms with Crippen molar-refractivity contribution in [3.8, 4) is 0 Å². The summed E-state index contributed by atoms with van der Waals surface area (Å²) in [5.41, 5.74) is 0. The zero-order valence-electron chi connectivity index (χ0n) is 8.99. The molecule has 4 atom stereocenters. The van der Waals surface area contributed by atoms with Gasteiger partial charge in [-0.05, 0) is 56.8 Å². The van der Waals surface area contributed by atoms with Crippen molar-refractivity contribution in [3.63, 3.8) is 0 Å². The molecule has 3 saturated carbocycles. The van der Waals surface area contributed by atoms with Crippen LogP contribution >= 0.6 is 0 Å². The Morgan fingerprint density at radius 2 is 1.79 bits per heavy atom. The van der Waals surface area contributed by atoms with Gasteiger partial charge in [0.2, 0.25) is 5.91 Å². The third-order valence-corrected chi connectivity index (χ3v) is 4.47. The van der Waals surface area contributed by atoms with Crippen LogP contribution in [0.25, 0.3) is 0 Å². The molecule has 2 bridgehead atoms. The number of carbonyl (C=O) groups excluding carboxylic acids is 1. The van der Waals surface area contributed by atoms with Crippen molar-refractivity contribution >= 4 is 5.91 Å². The summed E-state index contributed by atoms with van der Waals surface area (Å²) >= 11 is 0. The first-order chi connectivity index (χ1) is 6.68. The molecule has 1 amide bonds. The molecule has 0 spiro atoms. The van der Waals surface area contributed by atoms with Crippen molar-refractivity contribution in [1.82, 2.24) is 5.32 Å². The molecule has 0 radical (unpaired) electrons. The summed E-state index contributed by atoms with van der Waals surface area (Å²) in [6.45, 7) is 4.09. The lowest BCUT2D eigenvalue weighted by Gasteiger charge is -2.11. The minimum Gasteiger partial charge on any atom is -0.354 e. The summed E-state index contributed by atoms with van der Waals surface area (Å²) in [6.07, 6.45) is 4.23. The number of rotatable bonds is 2. The van der Waals surface area contributed by atoms with E-state index in [4.69, 9.17) is 0 Å². The fourth-order valence-corrected chi connectivity index (χ4v) is 4.06. The van der Waals surface area contributed by atoms with Gasteiger partial charge < -0.3 is 5.32 Å². The highest BCUT2D eigenvalue weighted by atomic mass is 16.2. The van der Waals surface area contributed by atoms with E-state index >= 15 is 0 Å². The van der Waals surface area contributed by atoms with E-state index in [0.29, 0.717) is 17.9 Å². The average molecular weight is 193 g/mol. The molecule has 3 rings (SSSR count). The number of hydrogen-bond acceptors (Lipinski definition) is 1. The van der Waals surface area contributed by atoms with Gasteiger partial charge in [0.05, 0.1) is 0 Å². The predicted molar refractivity (Wildman–Crippen MR) is 54.6 cm³/mol. The maximum absolute atomic E-state index is 11.8. The molecule has 2 nitrogen and oxygen atoms in total. The molecule has 2 heteroatoms. The molecular formula is C12H19NO. The van der Waals surface area contributed by atoms with Crippen molar-refractivity contribution in [2.24, 2.45) is 29.6 Å².